The molecule has 2 aromatic carbocycles. The minimum atomic E-state index is -4.00. The second-order valence-electron chi connectivity index (χ2n) is 6.24. The predicted molar refractivity (Wildman–Crippen MR) is 90.4 cm³/mol. The van der Waals surface area contributed by atoms with Crippen LogP contribution in [0.3, 0.4) is 0 Å². The van der Waals surface area contributed by atoms with Crippen molar-refractivity contribution in [3.05, 3.63) is 65.2 Å². The summed E-state index contributed by atoms with van der Waals surface area (Å²) in [5.74, 6) is 0.151. The maximum absolute atomic E-state index is 12.5. The van der Waals surface area contributed by atoms with Gasteiger partial charge in [-0.15, -0.1) is 4.31 Å². The van der Waals surface area contributed by atoms with E-state index in [9.17, 15) is 13.2 Å². The van der Waals surface area contributed by atoms with E-state index in [1.165, 1.54) is 4.31 Å². The van der Waals surface area contributed by atoms with E-state index in [2.05, 4.69) is 0 Å². The van der Waals surface area contributed by atoms with Crippen molar-refractivity contribution in [3.8, 4) is 5.75 Å². The summed E-state index contributed by atoms with van der Waals surface area (Å²) in [7, 11) is -4.00. The average molecular weight is 359 g/mol. The molecule has 6 nitrogen and oxygen atoms in total. The van der Waals surface area contributed by atoms with E-state index in [0.29, 0.717) is 11.1 Å². The number of hydrogen-bond donors (Lipinski definition) is 0. The SMILES string of the molecule is Cc1ccc(C(=O)C[C@@H]2CO[C@H]3c4ccccc4OS(=O)(=O)N23)cc1. The van der Waals surface area contributed by atoms with Crippen LogP contribution < -0.4 is 4.18 Å². The number of carbonyl (C=O) groups excluding carboxylic acids is 1. The molecular formula is C18H17NO5S. The van der Waals surface area contributed by atoms with Gasteiger partial charge in [0, 0.05) is 17.5 Å². The first kappa shape index (κ1) is 16.3. The molecule has 130 valence electrons. The monoisotopic (exact) mass is 359 g/mol. The number of nitrogens with zero attached hydrogens (tertiary/aromatic N) is 1. The van der Waals surface area contributed by atoms with Crippen LogP contribution in [0.1, 0.15) is 34.1 Å². The molecule has 2 aliphatic heterocycles. The van der Waals surface area contributed by atoms with Gasteiger partial charge in [-0.3, -0.25) is 4.79 Å². The third-order valence-corrected chi connectivity index (χ3v) is 5.87. The Morgan fingerprint density at radius 1 is 1.16 bits per heavy atom. The maximum Gasteiger partial charge on any atom is 0.388 e. The summed E-state index contributed by atoms with van der Waals surface area (Å²) in [6.07, 6.45) is -0.699. The normalized spacial score (nSPS) is 24.2. The van der Waals surface area contributed by atoms with Gasteiger partial charge in [0.25, 0.3) is 0 Å². The highest BCUT2D eigenvalue weighted by Gasteiger charge is 2.49. The number of fused-ring (bicyclic) bond motifs is 3. The zero-order valence-electron chi connectivity index (χ0n) is 13.6. The van der Waals surface area contributed by atoms with Crippen LogP contribution in [0.15, 0.2) is 48.5 Å². The molecule has 2 atom stereocenters. The molecular weight excluding hydrogens is 342 g/mol. The summed E-state index contributed by atoms with van der Waals surface area (Å²) in [6.45, 7) is 2.10. The molecule has 0 aromatic heterocycles. The lowest BCUT2D eigenvalue weighted by Gasteiger charge is -2.31. The highest BCUT2D eigenvalue weighted by atomic mass is 32.2. The van der Waals surface area contributed by atoms with Gasteiger partial charge in [0.1, 0.15) is 0 Å². The molecule has 0 saturated carbocycles. The average Bonchev–Trinajstić information content (AvgIpc) is 3.00. The largest absolute Gasteiger partial charge is 0.388 e. The zero-order valence-corrected chi connectivity index (χ0v) is 14.4. The van der Waals surface area contributed by atoms with Crippen LogP contribution in [0.2, 0.25) is 0 Å². The van der Waals surface area contributed by atoms with E-state index >= 15 is 0 Å². The van der Waals surface area contributed by atoms with Crippen molar-refractivity contribution in [2.24, 2.45) is 0 Å². The predicted octanol–water partition coefficient (Wildman–Crippen LogP) is 2.60. The Kier molecular flexibility index (Phi) is 3.87. The smallest absolute Gasteiger partial charge is 0.370 e. The lowest BCUT2D eigenvalue weighted by Crippen LogP contribution is -2.44. The molecule has 2 heterocycles. The van der Waals surface area contributed by atoms with E-state index in [1.807, 2.05) is 19.1 Å². The Hall–Kier alpha value is -2.22. The summed E-state index contributed by atoms with van der Waals surface area (Å²) in [5, 5.41) is 0. The Labute approximate surface area is 146 Å². The van der Waals surface area contributed by atoms with Crippen molar-refractivity contribution in [3.63, 3.8) is 0 Å². The van der Waals surface area contributed by atoms with Gasteiger partial charge in [-0.25, -0.2) is 0 Å². The lowest BCUT2D eigenvalue weighted by molar-refractivity contribution is 0.0573. The molecule has 7 heteroatoms. The molecule has 0 unspecified atom stereocenters. The summed E-state index contributed by atoms with van der Waals surface area (Å²) >= 11 is 0. The molecule has 4 rings (SSSR count). The first-order valence-corrected chi connectivity index (χ1v) is 9.35. The van der Waals surface area contributed by atoms with Gasteiger partial charge in [-0.2, -0.15) is 8.42 Å². The van der Waals surface area contributed by atoms with E-state index in [1.54, 1.807) is 36.4 Å². The van der Waals surface area contributed by atoms with Crippen LogP contribution in [0.5, 0.6) is 5.75 Å². The number of rotatable bonds is 3. The third kappa shape index (κ3) is 2.84. The van der Waals surface area contributed by atoms with Crippen LogP contribution in [0.4, 0.5) is 0 Å². The summed E-state index contributed by atoms with van der Waals surface area (Å²) in [5.41, 5.74) is 2.27. The molecule has 0 aliphatic carbocycles. The molecule has 1 saturated heterocycles. The van der Waals surface area contributed by atoms with E-state index in [0.717, 1.165) is 5.56 Å². The Bertz CT molecular complexity index is 923. The molecule has 0 radical (unpaired) electrons. The molecule has 2 aliphatic rings. The van der Waals surface area contributed by atoms with Crippen molar-refractivity contribution in [1.82, 2.24) is 4.31 Å². The number of ketones is 1. The zero-order chi connectivity index (χ0) is 17.6. The van der Waals surface area contributed by atoms with Gasteiger partial charge >= 0.3 is 10.3 Å². The minimum Gasteiger partial charge on any atom is -0.370 e. The van der Waals surface area contributed by atoms with E-state index in [-0.39, 0.29) is 24.6 Å². The Morgan fingerprint density at radius 2 is 1.88 bits per heavy atom. The summed E-state index contributed by atoms with van der Waals surface area (Å²) < 4.78 is 37.1. The molecule has 2 aromatic rings. The first-order chi connectivity index (χ1) is 12.0. The topological polar surface area (TPSA) is 72.9 Å². The summed E-state index contributed by atoms with van der Waals surface area (Å²) in [4.78, 5) is 12.5. The van der Waals surface area contributed by atoms with Gasteiger partial charge in [-0.05, 0) is 13.0 Å². The number of benzene rings is 2. The van der Waals surface area contributed by atoms with Crippen LogP contribution in [-0.2, 0) is 15.0 Å². The van der Waals surface area contributed by atoms with E-state index in [4.69, 9.17) is 8.92 Å². The maximum atomic E-state index is 12.5. The number of ether oxygens (including phenoxy) is 1. The third-order valence-electron chi connectivity index (χ3n) is 4.47. The Balaban J connectivity index is 1.61. The van der Waals surface area contributed by atoms with Gasteiger partial charge in [-0.1, -0.05) is 48.0 Å². The van der Waals surface area contributed by atoms with Gasteiger partial charge < -0.3 is 8.92 Å². The highest BCUT2D eigenvalue weighted by molar-refractivity contribution is 7.84. The standard InChI is InChI=1S/C18H17NO5S/c1-12-6-8-13(9-7-12)16(20)10-14-11-23-18-15-4-2-3-5-17(15)24-25(21,22)19(14)18/h2-9,14,18H,10-11H2,1H3/t14-,18+/m1/s1. The number of para-hydroxylation sites is 1. The van der Waals surface area contributed by atoms with E-state index < -0.39 is 22.6 Å². The number of Topliss-reactive ketones (excluding diaryl/α,β-unsaturated/α-hetero) is 1. The second kappa shape index (κ2) is 5.94. The molecule has 0 spiro atoms. The fraction of sp³-hybridized carbons (Fsp3) is 0.278. The van der Waals surface area contributed by atoms with Gasteiger partial charge in [0.15, 0.2) is 17.8 Å². The van der Waals surface area contributed by atoms with Crippen LogP contribution >= 0.6 is 0 Å². The molecule has 0 N–H and O–H groups in total. The molecule has 1 fully saturated rings. The number of hydrogen-bond acceptors (Lipinski definition) is 5. The minimum absolute atomic E-state index is 0.0460. The van der Waals surface area contributed by atoms with Crippen molar-refractivity contribution in [2.45, 2.75) is 25.6 Å². The summed E-state index contributed by atoms with van der Waals surface area (Å²) in [6, 6.07) is 13.5. The van der Waals surface area contributed by atoms with Crippen molar-refractivity contribution in [2.75, 3.05) is 6.61 Å². The highest BCUT2D eigenvalue weighted by Crippen LogP contribution is 2.43. The molecule has 0 amide bonds. The molecule has 0 bridgehead atoms. The van der Waals surface area contributed by atoms with Crippen molar-refractivity contribution < 1.29 is 22.1 Å². The number of carbonyl (C=O) groups is 1. The van der Waals surface area contributed by atoms with Crippen molar-refractivity contribution >= 4 is 16.1 Å². The van der Waals surface area contributed by atoms with Crippen molar-refractivity contribution in [1.29, 1.82) is 0 Å². The molecule has 25 heavy (non-hydrogen) atoms. The van der Waals surface area contributed by atoms with Crippen LogP contribution in [0.25, 0.3) is 0 Å². The Morgan fingerprint density at radius 3 is 2.64 bits per heavy atom. The fourth-order valence-electron chi connectivity index (χ4n) is 3.20. The number of aryl methyl sites for hydroxylation is 1. The second-order valence-corrected chi connectivity index (χ2v) is 7.69. The fourth-order valence-corrected chi connectivity index (χ4v) is 4.58. The quantitative estimate of drug-likeness (QED) is 0.788. The van der Waals surface area contributed by atoms with Crippen LogP contribution in [0, 0.1) is 6.92 Å². The van der Waals surface area contributed by atoms with Crippen LogP contribution in [-0.4, -0.2) is 31.2 Å². The van der Waals surface area contributed by atoms with Gasteiger partial charge in [0.05, 0.1) is 12.6 Å². The first-order valence-electron chi connectivity index (χ1n) is 7.99. The lowest BCUT2D eigenvalue weighted by atomic mass is 10.0. The van der Waals surface area contributed by atoms with Gasteiger partial charge in [0.2, 0.25) is 0 Å².